The van der Waals surface area contributed by atoms with Crippen LogP contribution >= 0.6 is 0 Å². The smallest absolute Gasteiger partial charge is 0.251 e. The number of halogens is 1. The van der Waals surface area contributed by atoms with Crippen LogP contribution in [0.4, 0.5) is 4.39 Å². The molecular weight excluding hydrogens is 333 g/mol. The molecule has 0 spiro atoms. The van der Waals surface area contributed by atoms with Gasteiger partial charge in [0.2, 0.25) is 0 Å². The number of nitrogens with zero attached hydrogens (tertiary/aromatic N) is 2. The van der Waals surface area contributed by atoms with Crippen LogP contribution in [-0.2, 0) is 6.54 Å². The van der Waals surface area contributed by atoms with Gasteiger partial charge in [-0.05, 0) is 42.0 Å². The van der Waals surface area contributed by atoms with Crippen LogP contribution in [0.5, 0.6) is 5.75 Å². The Morgan fingerprint density at radius 2 is 2.08 bits per heavy atom. The summed E-state index contributed by atoms with van der Waals surface area (Å²) >= 11 is 0. The zero-order valence-corrected chi connectivity index (χ0v) is 14.1. The summed E-state index contributed by atoms with van der Waals surface area (Å²) in [4.78, 5) is 16.1. The minimum Gasteiger partial charge on any atom is -0.490 e. The second-order valence-electron chi connectivity index (χ2n) is 5.56. The van der Waals surface area contributed by atoms with Gasteiger partial charge >= 0.3 is 0 Å². The van der Waals surface area contributed by atoms with Crippen LogP contribution < -0.4 is 10.1 Å². The first-order valence-electron chi connectivity index (χ1n) is 8.06. The molecule has 6 heteroatoms. The van der Waals surface area contributed by atoms with Gasteiger partial charge in [0.15, 0.2) is 0 Å². The average Bonchev–Trinajstić information content (AvgIpc) is 3.19. The lowest BCUT2D eigenvalue weighted by molar-refractivity contribution is 0.0951. The number of rotatable bonds is 7. The van der Waals surface area contributed by atoms with Crippen molar-refractivity contribution in [3.05, 3.63) is 90.8 Å². The van der Waals surface area contributed by atoms with Crippen molar-refractivity contribution in [1.29, 1.82) is 0 Å². The lowest BCUT2D eigenvalue weighted by atomic mass is 10.1. The molecule has 0 fully saturated rings. The highest BCUT2D eigenvalue weighted by atomic mass is 19.1. The van der Waals surface area contributed by atoms with Crippen LogP contribution in [0.15, 0.2) is 73.8 Å². The van der Waals surface area contributed by atoms with Crippen LogP contribution in [0.25, 0.3) is 5.69 Å². The number of nitrogens with one attached hydrogen (secondary N) is 1. The number of amides is 1. The third-order valence-electron chi connectivity index (χ3n) is 3.73. The molecule has 1 heterocycles. The van der Waals surface area contributed by atoms with Crippen molar-refractivity contribution in [2.24, 2.45) is 0 Å². The largest absolute Gasteiger partial charge is 0.490 e. The fourth-order valence-electron chi connectivity index (χ4n) is 2.41. The number of hydrogen-bond donors (Lipinski definition) is 1. The fourth-order valence-corrected chi connectivity index (χ4v) is 2.41. The Morgan fingerprint density at radius 3 is 2.73 bits per heavy atom. The van der Waals surface area contributed by atoms with E-state index in [4.69, 9.17) is 4.74 Å². The molecule has 5 nitrogen and oxygen atoms in total. The normalized spacial score (nSPS) is 10.3. The maximum Gasteiger partial charge on any atom is 0.251 e. The van der Waals surface area contributed by atoms with Crippen LogP contribution in [0.1, 0.15) is 15.9 Å². The Balaban J connectivity index is 1.60. The molecule has 3 aromatic rings. The van der Waals surface area contributed by atoms with E-state index in [9.17, 15) is 9.18 Å². The van der Waals surface area contributed by atoms with E-state index < -0.39 is 0 Å². The third kappa shape index (κ3) is 4.16. The highest BCUT2D eigenvalue weighted by Crippen LogP contribution is 2.15. The Hall–Kier alpha value is -3.41. The maximum atomic E-state index is 14.2. The first-order valence-corrected chi connectivity index (χ1v) is 8.06. The van der Waals surface area contributed by atoms with Gasteiger partial charge in [0.1, 0.15) is 18.2 Å². The Bertz CT molecular complexity index is 890. The molecule has 3 rings (SSSR count). The molecule has 0 atom stereocenters. The second-order valence-corrected chi connectivity index (χ2v) is 5.56. The van der Waals surface area contributed by atoms with Gasteiger partial charge in [-0.2, -0.15) is 0 Å². The summed E-state index contributed by atoms with van der Waals surface area (Å²) in [6, 6.07) is 11.6. The standard InChI is InChI=1S/C20H18FN3O2/c1-2-11-26-17-6-4-16(5-7-17)20(25)23-13-15-3-8-19(18(21)12-15)24-10-9-22-14-24/h2-10,12,14H,1,11,13H2,(H,23,25). The summed E-state index contributed by atoms with van der Waals surface area (Å²) in [6.07, 6.45) is 6.43. The number of benzene rings is 2. The molecule has 0 aliphatic heterocycles. The zero-order valence-electron chi connectivity index (χ0n) is 14.1. The maximum absolute atomic E-state index is 14.2. The number of carbonyl (C=O) groups excluding carboxylic acids is 1. The topological polar surface area (TPSA) is 56.1 Å². The number of ether oxygens (including phenoxy) is 1. The van der Waals surface area contributed by atoms with Gasteiger partial charge in [-0.1, -0.05) is 18.7 Å². The summed E-state index contributed by atoms with van der Waals surface area (Å²) in [5.74, 6) is 0.0523. The molecule has 1 N–H and O–H groups in total. The third-order valence-corrected chi connectivity index (χ3v) is 3.73. The van der Waals surface area contributed by atoms with Crippen LogP contribution in [0.2, 0.25) is 0 Å². The van der Waals surface area contributed by atoms with Crippen molar-refractivity contribution in [1.82, 2.24) is 14.9 Å². The SMILES string of the molecule is C=CCOc1ccc(C(=O)NCc2ccc(-n3ccnc3)c(F)c2)cc1. The van der Waals surface area contributed by atoms with Gasteiger partial charge in [-0.25, -0.2) is 9.37 Å². The van der Waals surface area contributed by atoms with Crippen molar-refractivity contribution >= 4 is 5.91 Å². The van der Waals surface area contributed by atoms with Gasteiger partial charge < -0.3 is 14.6 Å². The van der Waals surface area contributed by atoms with E-state index in [2.05, 4.69) is 16.9 Å². The summed E-state index contributed by atoms with van der Waals surface area (Å²) in [6.45, 7) is 4.22. The molecule has 0 saturated heterocycles. The van der Waals surface area contributed by atoms with Crippen molar-refractivity contribution in [2.45, 2.75) is 6.54 Å². The monoisotopic (exact) mass is 351 g/mol. The minimum atomic E-state index is -0.376. The van der Waals surface area contributed by atoms with Gasteiger partial charge in [0.05, 0.1) is 12.0 Å². The van der Waals surface area contributed by atoms with Crippen LogP contribution in [0, 0.1) is 5.82 Å². The quantitative estimate of drug-likeness (QED) is 0.663. The van der Waals surface area contributed by atoms with Crippen molar-refractivity contribution in [3.63, 3.8) is 0 Å². The van der Waals surface area contributed by atoms with Crippen molar-refractivity contribution in [2.75, 3.05) is 6.61 Å². The Morgan fingerprint density at radius 1 is 1.27 bits per heavy atom. The average molecular weight is 351 g/mol. The highest BCUT2D eigenvalue weighted by molar-refractivity contribution is 5.94. The Kier molecular flexibility index (Phi) is 5.43. The van der Waals surface area contributed by atoms with E-state index in [-0.39, 0.29) is 18.3 Å². The second kappa shape index (κ2) is 8.11. The van der Waals surface area contributed by atoms with Crippen molar-refractivity contribution in [3.8, 4) is 11.4 Å². The van der Waals surface area contributed by atoms with Crippen molar-refractivity contribution < 1.29 is 13.9 Å². The number of imidazole rings is 1. The molecule has 2 aromatic carbocycles. The van der Waals surface area contributed by atoms with E-state index in [1.807, 2.05) is 0 Å². The van der Waals surface area contributed by atoms with E-state index in [0.717, 1.165) is 0 Å². The van der Waals surface area contributed by atoms with Gasteiger partial charge in [-0.3, -0.25) is 4.79 Å². The number of hydrogen-bond acceptors (Lipinski definition) is 3. The molecule has 1 aromatic heterocycles. The molecule has 26 heavy (non-hydrogen) atoms. The molecule has 0 bridgehead atoms. The summed E-state index contributed by atoms with van der Waals surface area (Å²) in [5.41, 5.74) is 1.59. The fraction of sp³-hybridized carbons (Fsp3) is 0.100. The number of carbonyl (C=O) groups is 1. The number of aromatic nitrogens is 2. The minimum absolute atomic E-state index is 0.231. The van der Waals surface area contributed by atoms with Gasteiger partial charge in [0.25, 0.3) is 5.91 Å². The molecule has 132 valence electrons. The molecule has 0 saturated carbocycles. The van der Waals surface area contributed by atoms with E-state index in [0.29, 0.717) is 29.2 Å². The molecule has 0 aliphatic rings. The predicted octanol–water partition coefficient (Wildman–Crippen LogP) is 3.51. The lowest BCUT2D eigenvalue weighted by Gasteiger charge is -2.09. The Labute approximate surface area is 150 Å². The summed E-state index contributed by atoms with van der Waals surface area (Å²) in [5, 5.41) is 2.78. The molecule has 0 radical (unpaired) electrons. The first-order chi connectivity index (χ1) is 12.7. The zero-order chi connectivity index (χ0) is 18.4. The highest BCUT2D eigenvalue weighted by Gasteiger charge is 2.08. The predicted molar refractivity (Wildman–Crippen MR) is 96.8 cm³/mol. The van der Waals surface area contributed by atoms with Gasteiger partial charge in [-0.15, -0.1) is 0 Å². The summed E-state index contributed by atoms with van der Waals surface area (Å²) in [7, 11) is 0. The van der Waals surface area contributed by atoms with Crippen LogP contribution in [-0.4, -0.2) is 22.1 Å². The molecule has 0 aliphatic carbocycles. The van der Waals surface area contributed by atoms with Gasteiger partial charge in [0, 0.05) is 24.5 Å². The first kappa shape index (κ1) is 17.4. The molecular formula is C20H18FN3O2. The lowest BCUT2D eigenvalue weighted by Crippen LogP contribution is -2.22. The van der Waals surface area contributed by atoms with Crippen LogP contribution in [0.3, 0.4) is 0 Å². The van der Waals surface area contributed by atoms with E-state index in [1.165, 1.54) is 12.4 Å². The molecule has 0 unspecified atom stereocenters. The molecule has 1 amide bonds. The van der Waals surface area contributed by atoms with E-state index in [1.54, 1.807) is 59.4 Å². The summed E-state index contributed by atoms with van der Waals surface area (Å²) < 4.78 is 21.2. The van der Waals surface area contributed by atoms with E-state index >= 15 is 0 Å².